The van der Waals surface area contributed by atoms with Crippen molar-refractivity contribution in [3.63, 3.8) is 0 Å². The fourth-order valence-electron chi connectivity index (χ4n) is 3.51. The minimum atomic E-state index is -4.57. The minimum absolute atomic E-state index is 0. The zero-order valence-electron chi connectivity index (χ0n) is 23.9. The van der Waals surface area contributed by atoms with Crippen LogP contribution in [0, 0.1) is 0 Å². The van der Waals surface area contributed by atoms with Crippen molar-refractivity contribution in [2.24, 2.45) is 0 Å². The second-order valence-electron chi connectivity index (χ2n) is 8.17. The molecule has 0 aliphatic heterocycles. The molecule has 0 spiro atoms. The molecule has 0 fully saturated rings. The molecule has 4 unspecified atom stereocenters. The Morgan fingerprint density at radius 2 is 0.738 bits per heavy atom. The Balaban J connectivity index is 0. The van der Waals surface area contributed by atoms with E-state index in [-0.39, 0.29) is 66.5 Å². The molecule has 0 aliphatic rings. The second-order valence-corrected chi connectivity index (χ2v) is 16.8. The van der Waals surface area contributed by atoms with E-state index < -0.39 is 41.2 Å². The summed E-state index contributed by atoms with van der Waals surface area (Å²) >= 11 is 0. The summed E-state index contributed by atoms with van der Waals surface area (Å²) < 4.78 is 66.6. The molecular weight excluding hydrogens is 813 g/mol. The SMILES string of the molecule is CCOP(=O)([O-])C(Cc1ccccc1)P(=O)([O-])OCC.CCOP(=O)([O-])C(Cc1ccccc1)P(=O)([O-])OCC.N.[Pt+2]. The van der Waals surface area contributed by atoms with E-state index in [1.807, 2.05) is 0 Å². The molecule has 2 aromatic rings. The Morgan fingerprint density at radius 3 is 0.929 bits per heavy atom. The molecule has 18 heteroatoms. The molecule has 3 N–H and O–H groups in total. The van der Waals surface area contributed by atoms with Gasteiger partial charge in [-0.05, 0) is 51.7 Å². The molecular formula is C24H39NO12P4Pt-2. The first-order valence-electron chi connectivity index (χ1n) is 12.6. The van der Waals surface area contributed by atoms with Crippen LogP contribution < -0.4 is 25.7 Å². The smallest absolute Gasteiger partial charge is 0.778 e. The van der Waals surface area contributed by atoms with E-state index in [0.29, 0.717) is 11.1 Å². The predicted molar refractivity (Wildman–Crippen MR) is 150 cm³/mol. The van der Waals surface area contributed by atoms with Crippen LogP contribution in [0.2, 0.25) is 0 Å². The molecule has 13 nitrogen and oxygen atoms in total. The van der Waals surface area contributed by atoms with Crippen molar-refractivity contribution in [2.45, 2.75) is 51.3 Å². The number of hydrogen-bond acceptors (Lipinski definition) is 13. The zero-order valence-corrected chi connectivity index (χ0v) is 29.7. The first-order chi connectivity index (χ1) is 18.7. The van der Waals surface area contributed by atoms with Crippen molar-refractivity contribution >= 4 is 30.4 Å². The summed E-state index contributed by atoms with van der Waals surface area (Å²) in [4.78, 5) is 48.0. The third kappa shape index (κ3) is 14.6. The summed E-state index contributed by atoms with van der Waals surface area (Å²) in [5.74, 6) is 0. The molecule has 4 atom stereocenters. The molecule has 0 heterocycles. The van der Waals surface area contributed by atoms with Crippen molar-refractivity contribution in [3.8, 4) is 0 Å². The van der Waals surface area contributed by atoms with Crippen LogP contribution in [0.5, 0.6) is 0 Å². The van der Waals surface area contributed by atoms with Gasteiger partial charge in [-0.2, -0.15) is 0 Å². The maximum Gasteiger partial charge on any atom is 2.00 e. The summed E-state index contributed by atoms with van der Waals surface area (Å²) in [5.41, 5.74) is 1.17. The van der Waals surface area contributed by atoms with Gasteiger partial charge >= 0.3 is 21.1 Å². The van der Waals surface area contributed by atoms with Crippen LogP contribution in [0.1, 0.15) is 38.8 Å². The van der Waals surface area contributed by atoms with E-state index in [4.69, 9.17) is 0 Å². The van der Waals surface area contributed by atoms with E-state index in [0.717, 1.165) is 0 Å². The Kier molecular flexibility index (Phi) is 21.6. The topological polar surface area (TPSA) is 232 Å². The molecule has 0 bridgehead atoms. The van der Waals surface area contributed by atoms with Gasteiger partial charge in [-0.25, -0.2) is 0 Å². The summed E-state index contributed by atoms with van der Waals surface area (Å²) in [6.07, 6.45) is -0.384. The average molecular weight is 853 g/mol. The molecule has 0 saturated carbocycles. The van der Waals surface area contributed by atoms with Crippen molar-refractivity contribution in [2.75, 3.05) is 26.4 Å². The van der Waals surface area contributed by atoms with Crippen LogP contribution in [0.4, 0.5) is 0 Å². The zero-order chi connectivity index (χ0) is 30.5. The van der Waals surface area contributed by atoms with Crippen molar-refractivity contribution in [1.29, 1.82) is 0 Å². The molecule has 0 radical (unpaired) electrons. The maximum absolute atomic E-state index is 12.0. The normalized spacial score (nSPS) is 18.1. The molecule has 0 saturated heterocycles. The van der Waals surface area contributed by atoms with Crippen molar-refractivity contribution in [1.82, 2.24) is 6.15 Å². The van der Waals surface area contributed by atoms with E-state index in [1.165, 1.54) is 27.7 Å². The third-order valence-electron chi connectivity index (χ3n) is 5.22. The summed E-state index contributed by atoms with van der Waals surface area (Å²) in [6, 6.07) is 17.0. The quantitative estimate of drug-likeness (QED) is 0.238. The standard InChI is InChI=1S/2C12H20O6P2.H3N.Pt/c2*1-3-17-19(13,14)12(20(15,16)18-4-2)10-11-8-6-5-7-9-11;;/h2*5-9,12H,3-4,10H2,1-2H3,(H,13,14)(H,15,16);1H3;/q;;;+2/p-4. The summed E-state index contributed by atoms with van der Waals surface area (Å²) in [7, 11) is -18.3. The van der Waals surface area contributed by atoms with Gasteiger partial charge in [0.1, 0.15) is 30.4 Å². The van der Waals surface area contributed by atoms with E-state index in [2.05, 4.69) is 18.1 Å². The fourth-order valence-corrected chi connectivity index (χ4v) is 10.9. The minimum Gasteiger partial charge on any atom is -0.778 e. The second kappa shape index (κ2) is 20.7. The molecule has 244 valence electrons. The number of rotatable bonds is 16. The van der Waals surface area contributed by atoms with Gasteiger partial charge in [0.05, 0.1) is 37.2 Å². The molecule has 0 aromatic heterocycles. The van der Waals surface area contributed by atoms with Gasteiger partial charge in [0, 0.05) is 0 Å². The third-order valence-corrected chi connectivity index (χ3v) is 14.7. The Morgan fingerprint density at radius 1 is 0.524 bits per heavy atom. The van der Waals surface area contributed by atoms with Gasteiger partial charge in [0.25, 0.3) is 0 Å². The van der Waals surface area contributed by atoms with Crippen LogP contribution in [0.15, 0.2) is 60.7 Å². The Labute approximate surface area is 262 Å². The maximum atomic E-state index is 12.0. The van der Waals surface area contributed by atoms with Gasteiger partial charge in [-0.15, -0.1) is 0 Å². The van der Waals surface area contributed by atoms with Crippen LogP contribution in [-0.4, -0.2) is 37.2 Å². The molecule has 42 heavy (non-hydrogen) atoms. The molecule has 2 aromatic carbocycles. The fraction of sp³-hybridized carbons (Fsp3) is 0.500. The van der Waals surface area contributed by atoms with Gasteiger partial charge in [0.2, 0.25) is 0 Å². The largest absolute Gasteiger partial charge is 2.00 e. The average Bonchev–Trinajstić information content (AvgIpc) is 2.87. The van der Waals surface area contributed by atoms with E-state index in [9.17, 15) is 37.8 Å². The van der Waals surface area contributed by atoms with Gasteiger partial charge in [-0.1, -0.05) is 60.7 Å². The number of hydrogen-bond donors (Lipinski definition) is 1. The van der Waals surface area contributed by atoms with E-state index >= 15 is 0 Å². The summed E-state index contributed by atoms with van der Waals surface area (Å²) in [5, 5.41) is -3.42. The van der Waals surface area contributed by atoms with Crippen molar-refractivity contribution in [3.05, 3.63) is 71.8 Å². The molecule has 2 rings (SSSR count). The van der Waals surface area contributed by atoms with Gasteiger partial charge in [0.15, 0.2) is 0 Å². The van der Waals surface area contributed by atoms with Crippen LogP contribution in [-0.2, 0) is 70.3 Å². The Hall–Kier alpha value is -0.312. The first-order valence-corrected chi connectivity index (χ1v) is 19.0. The Bertz CT molecular complexity index is 1060. The summed E-state index contributed by atoms with van der Waals surface area (Å²) in [6.45, 7) is 5.49. The molecule has 0 aliphatic carbocycles. The first kappa shape index (κ1) is 43.8. The number of benzene rings is 2. The van der Waals surface area contributed by atoms with Crippen LogP contribution >= 0.6 is 30.4 Å². The molecule has 0 amide bonds. The van der Waals surface area contributed by atoms with Crippen LogP contribution in [0.25, 0.3) is 0 Å². The monoisotopic (exact) mass is 852 g/mol. The predicted octanol–water partition coefficient (Wildman–Crippen LogP) is 3.63. The van der Waals surface area contributed by atoms with Gasteiger partial charge < -0.3 is 62.1 Å². The van der Waals surface area contributed by atoms with Crippen LogP contribution in [0.3, 0.4) is 0 Å². The van der Waals surface area contributed by atoms with Crippen molar-refractivity contribution < 1.29 is 77.0 Å². The van der Waals surface area contributed by atoms with E-state index in [1.54, 1.807) is 60.7 Å². The van der Waals surface area contributed by atoms with Gasteiger partial charge in [-0.3, -0.25) is 0 Å².